The SMILES string of the molecule is C[C@H](Nc1ncnc2cccnc12)c1cc2cccc(-c3ccc(N)nc3)c2c(=O)n1-c1ccccc1. The van der Waals surface area contributed by atoms with Crippen molar-refractivity contribution in [1.82, 2.24) is 24.5 Å². The highest BCUT2D eigenvalue weighted by molar-refractivity contribution is 5.96. The third kappa shape index (κ3) is 4.04. The van der Waals surface area contributed by atoms with Gasteiger partial charge < -0.3 is 11.1 Å². The first-order valence-corrected chi connectivity index (χ1v) is 11.9. The topological polar surface area (TPSA) is 112 Å². The molecule has 180 valence electrons. The number of aromatic nitrogens is 5. The Morgan fingerprint density at radius 1 is 0.892 bits per heavy atom. The smallest absolute Gasteiger partial charge is 0.263 e. The summed E-state index contributed by atoms with van der Waals surface area (Å²) in [5.74, 6) is 1.03. The number of hydrogen-bond acceptors (Lipinski definition) is 7. The Labute approximate surface area is 212 Å². The van der Waals surface area contributed by atoms with Crippen molar-refractivity contribution >= 4 is 33.4 Å². The van der Waals surface area contributed by atoms with E-state index in [-0.39, 0.29) is 11.6 Å². The zero-order valence-electron chi connectivity index (χ0n) is 20.0. The predicted molar refractivity (Wildman–Crippen MR) is 147 cm³/mol. The van der Waals surface area contributed by atoms with Crippen LogP contribution < -0.4 is 16.6 Å². The number of nitrogens with two attached hydrogens (primary N) is 1. The lowest BCUT2D eigenvalue weighted by Crippen LogP contribution is -2.26. The van der Waals surface area contributed by atoms with Crippen molar-refractivity contribution in [3.05, 3.63) is 114 Å². The average molecular weight is 486 g/mol. The van der Waals surface area contributed by atoms with Gasteiger partial charge in [0.15, 0.2) is 5.82 Å². The molecule has 2 aromatic carbocycles. The molecule has 0 saturated heterocycles. The van der Waals surface area contributed by atoms with Gasteiger partial charge in [-0.15, -0.1) is 0 Å². The highest BCUT2D eigenvalue weighted by atomic mass is 16.1. The van der Waals surface area contributed by atoms with Crippen molar-refractivity contribution < 1.29 is 0 Å². The molecule has 0 fully saturated rings. The Morgan fingerprint density at radius 3 is 2.57 bits per heavy atom. The number of fused-ring (bicyclic) bond motifs is 2. The molecule has 6 aromatic rings. The van der Waals surface area contributed by atoms with Crippen LogP contribution in [0.2, 0.25) is 0 Å². The monoisotopic (exact) mass is 485 g/mol. The minimum Gasteiger partial charge on any atom is -0.384 e. The van der Waals surface area contributed by atoms with Gasteiger partial charge in [-0.05, 0) is 60.3 Å². The molecular weight excluding hydrogens is 462 g/mol. The van der Waals surface area contributed by atoms with Gasteiger partial charge in [-0.3, -0.25) is 14.3 Å². The summed E-state index contributed by atoms with van der Waals surface area (Å²) in [5, 5.41) is 4.91. The lowest BCUT2D eigenvalue weighted by Gasteiger charge is -2.22. The van der Waals surface area contributed by atoms with Crippen LogP contribution in [-0.4, -0.2) is 24.5 Å². The molecule has 0 aliphatic rings. The number of nitrogens with one attached hydrogen (secondary N) is 1. The van der Waals surface area contributed by atoms with Gasteiger partial charge in [0.25, 0.3) is 5.56 Å². The first-order chi connectivity index (χ1) is 18.1. The largest absolute Gasteiger partial charge is 0.384 e. The average Bonchev–Trinajstić information content (AvgIpc) is 2.94. The van der Waals surface area contributed by atoms with E-state index in [0.717, 1.165) is 33.4 Å². The number of hydrogen-bond donors (Lipinski definition) is 2. The van der Waals surface area contributed by atoms with Crippen LogP contribution in [0.15, 0.2) is 102 Å². The molecule has 0 aliphatic heterocycles. The summed E-state index contributed by atoms with van der Waals surface area (Å²) in [6, 6.07) is 24.6. The van der Waals surface area contributed by atoms with Crippen LogP contribution in [0.3, 0.4) is 0 Å². The predicted octanol–water partition coefficient (Wildman–Crippen LogP) is 5.15. The Hall–Kier alpha value is -5.11. The quantitative estimate of drug-likeness (QED) is 0.347. The van der Waals surface area contributed by atoms with E-state index in [1.165, 1.54) is 6.33 Å². The Balaban J connectivity index is 1.56. The number of anilines is 2. The summed E-state index contributed by atoms with van der Waals surface area (Å²) in [5.41, 5.74) is 10.3. The van der Waals surface area contributed by atoms with Gasteiger partial charge in [0, 0.05) is 29.3 Å². The third-order valence-corrected chi connectivity index (χ3v) is 6.38. The maximum absolute atomic E-state index is 14.2. The van der Waals surface area contributed by atoms with Crippen LogP contribution in [-0.2, 0) is 0 Å². The molecule has 4 aromatic heterocycles. The molecule has 0 bridgehead atoms. The lowest BCUT2D eigenvalue weighted by atomic mass is 9.99. The third-order valence-electron chi connectivity index (χ3n) is 6.38. The molecule has 8 nitrogen and oxygen atoms in total. The summed E-state index contributed by atoms with van der Waals surface area (Å²) in [7, 11) is 0. The van der Waals surface area contributed by atoms with Crippen molar-refractivity contribution in [2.75, 3.05) is 11.1 Å². The van der Waals surface area contributed by atoms with Crippen LogP contribution in [0, 0.1) is 0 Å². The van der Waals surface area contributed by atoms with Gasteiger partial charge in [-0.2, -0.15) is 0 Å². The van der Waals surface area contributed by atoms with Gasteiger partial charge in [0.05, 0.1) is 16.9 Å². The second kappa shape index (κ2) is 9.16. The molecular formula is C29H23N7O. The molecule has 4 heterocycles. The zero-order chi connectivity index (χ0) is 25.4. The van der Waals surface area contributed by atoms with E-state index in [2.05, 4.69) is 25.3 Å². The van der Waals surface area contributed by atoms with Crippen molar-refractivity contribution in [2.24, 2.45) is 0 Å². The van der Waals surface area contributed by atoms with E-state index in [0.29, 0.717) is 22.5 Å². The number of benzene rings is 2. The second-order valence-electron chi connectivity index (χ2n) is 8.75. The molecule has 6 rings (SSSR count). The molecule has 3 N–H and O–H groups in total. The molecule has 0 aliphatic carbocycles. The first kappa shape index (κ1) is 22.4. The molecule has 0 radical (unpaired) electrons. The summed E-state index contributed by atoms with van der Waals surface area (Å²) in [6.07, 6.45) is 4.92. The van der Waals surface area contributed by atoms with Gasteiger partial charge >= 0.3 is 0 Å². The number of nitrogens with zero attached hydrogens (tertiary/aromatic N) is 5. The van der Waals surface area contributed by atoms with Crippen LogP contribution >= 0.6 is 0 Å². The van der Waals surface area contributed by atoms with Crippen LogP contribution in [0.5, 0.6) is 0 Å². The summed E-state index contributed by atoms with van der Waals surface area (Å²) < 4.78 is 1.75. The summed E-state index contributed by atoms with van der Waals surface area (Å²) in [4.78, 5) is 31.7. The molecule has 1 atom stereocenters. The van der Waals surface area contributed by atoms with Crippen molar-refractivity contribution in [2.45, 2.75) is 13.0 Å². The number of rotatable bonds is 5. The van der Waals surface area contributed by atoms with Crippen molar-refractivity contribution in [3.63, 3.8) is 0 Å². The Morgan fingerprint density at radius 2 is 1.76 bits per heavy atom. The van der Waals surface area contributed by atoms with E-state index in [9.17, 15) is 4.79 Å². The number of pyridine rings is 3. The van der Waals surface area contributed by atoms with Gasteiger partial charge in [-0.25, -0.2) is 15.0 Å². The van der Waals surface area contributed by atoms with Crippen molar-refractivity contribution in [3.8, 4) is 16.8 Å². The number of nitrogen functional groups attached to an aromatic ring is 1. The fourth-order valence-electron chi connectivity index (χ4n) is 4.63. The minimum absolute atomic E-state index is 0.120. The highest BCUT2D eigenvalue weighted by Gasteiger charge is 2.20. The molecule has 0 unspecified atom stereocenters. The van der Waals surface area contributed by atoms with Crippen molar-refractivity contribution in [1.29, 1.82) is 0 Å². The standard InChI is InChI=1S/C29H23N7O/c1-18(35-28-27-23(33-17-34-28)11-6-14-31-27)24-15-19-7-5-10-22(20-12-13-25(30)32-16-20)26(19)29(37)36(24)21-8-3-2-4-9-21/h2-18H,1H3,(H2,30,32)(H,33,34,35)/t18-/m0/s1. The molecule has 8 heteroatoms. The van der Waals surface area contributed by atoms with Gasteiger partial charge in [-0.1, -0.05) is 36.4 Å². The summed E-state index contributed by atoms with van der Waals surface area (Å²) in [6.45, 7) is 2.00. The normalized spacial score (nSPS) is 12.0. The van der Waals surface area contributed by atoms with E-state index in [1.54, 1.807) is 23.0 Å². The highest BCUT2D eigenvalue weighted by Crippen LogP contribution is 2.30. The van der Waals surface area contributed by atoms with Gasteiger partial charge in [0.1, 0.15) is 17.7 Å². The van der Waals surface area contributed by atoms with E-state index in [4.69, 9.17) is 5.73 Å². The van der Waals surface area contributed by atoms with Crippen LogP contribution in [0.1, 0.15) is 18.7 Å². The summed E-state index contributed by atoms with van der Waals surface area (Å²) >= 11 is 0. The van der Waals surface area contributed by atoms with E-state index >= 15 is 0 Å². The van der Waals surface area contributed by atoms with Crippen LogP contribution in [0.25, 0.3) is 38.6 Å². The fourth-order valence-corrected chi connectivity index (χ4v) is 4.63. The lowest BCUT2D eigenvalue weighted by molar-refractivity contribution is 0.774. The molecule has 37 heavy (non-hydrogen) atoms. The van der Waals surface area contributed by atoms with E-state index < -0.39 is 0 Å². The maximum atomic E-state index is 14.2. The molecule has 0 saturated carbocycles. The Bertz CT molecular complexity index is 1790. The van der Waals surface area contributed by atoms with Crippen LogP contribution in [0.4, 0.5) is 11.6 Å². The maximum Gasteiger partial charge on any atom is 0.263 e. The minimum atomic E-state index is -0.278. The zero-order valence-corrected chi connectivity index (χ0v) is 20.0. The Kier molecular flexibility index (Phi) is 5.54. The first-order valence-electron chi connectivity index (χ1n) is 11.9. The molecule has 0 spiro atoms. The van der Waals surface area contributed by atoms with Gasteiger partial charge in [0.2, 0.25) is 0 Å². The fraction of sp³-hybridized carbons (Fsp3) is 0.0690. The van der Waals surface area contributed by atoms with E-state index in [1.807, 2.05) is 79.7 Å². The molecule has 0 amide bonds. The number of para-hydroxylation sites is 1. The second-order valence-corrected chi connectivity index (χ2v) is 8.75.